The smallest absolute Gasteiger partial charge is 0.244 e. The molecule has 6 nitrogen and oxygen atoms in total. The van der Waals surface area contributed by atoms with Gasteiger partial charge in [0.05, 0.1) is 10.6 Å². The Morgan fingerprint density at radius 1 is 1.17 bits per heavy atom. The van der Waals surface area contributed by atoms with Crippen LogP contribution in [0.15, 0.2) is 59.5 Å². The third-order valence-electron chi connectivity index (χ3n) is 5.00. The van der Waals surface area contributed by atoms with Gasteiger partial charge >= 0.3 is 0 Å². The molecule has 1 saturated heterocycles. The summed E-state index contributed by atoms with van der Waals surface area (Å²) in [7, 11) is -3.79. The van der Waals surface area contributed by atoms with E-state index in [1.54, 1.807) is 0 Å². The van der Waals surface area contributed by atoms with Gasteiger partial charge in [0, 0.05) is 22.0 Å². The maximum Gasteiger partial charge on any atom is 0.244 e. The fourth-order valence-corrected chi connectivity index (χ4v) is 6.16. The molecule has 2 heterocycles. The number of nitrogens with one attached hydrogen (secondary N) is 1. The Balaban J connectivity index is 1.54. The van der Waals surface area contributed by atoms with Crippen molar-refractivity contribution in [1.82, 2.24) is 9.29 Å². The Hall–Kier alpha value is -2.26. The van der Waals surface area contributed by atoms with Crippen LogP contribution < -0.4 is 5.32 Å². The van der Waals surface area contributed by atoms with Gasteiger partial charge in [-0.25, -0.2) is 13.4 Å². The number of halogens is 1. The summed E-state index contributed by atoms with van der Waals surface area (Å²) in [5.74, 6) is -0.363. The van der Waals surface area contributed by atoms with Gasteiger partial charge in [-0.3, -0.25) is 4.79 Å². The molecule has 156 valence electrons. The van der Waals surface area contributed by atoms with E-state index in [9.17, 15) is 13.2 Å². The molecule has 1 aromatic heterocycles. The number of carbonyl (C=O) groups excluding carboxylic acids is 1. The minimum atomic E-state index is -3.79. The molecule has 0 saturated carbocycles. The molecule has 1 N–H and O–H groups in total. The van der Waals surface area contributed by atoms with Gasteiger partial charge in [-0.15, -0.1) is 11.3 Å². The Labute approximate surface area is 184 Å². The number of sulfonamides is 1. The van der Waals surface area contributed by atoms with Gasteiger partial charge in [-0.1, -0.05) is 41.9 Å². The SMILES string of the molecule is Cc1sc(NC(=O)[C@H]2CCCN2S(=O)(=O)c2ccc(Cl)cc2)nc1-c1ccccc1. The fourth-order valence-electron chi connectivity index (χ4n) is 3.53. The van der Waals surface area contributed by atoms with Crippen molar-refractivity contribution >= 4 is 44.0 Å². The van der Waals surface area contributed by atoms with Crippen LogP contribution in [0.3, 0.4) is 0 Å². The van der Waals surface area contributed by atoms with E-state index in [1.807, 2.05) is 37.3 Å². The molecule has 0 radical (unpaired) electrons. The predicted octanol–water partition coefficient (Wildman–Crippen LogP) is 4.56. The van der Waals surface area contributed by atoms with Gasteiger partial charge in [0.2, 0.25) is 15.9 Å². The molecule has 0 spiro atoms. The number of rotatable bonds is 5. The largest absolute Gasteiger partial charge is 0.301 e. The van der Waals surface area contributed by atoms with Crippen LogP contribution >= 0.6 is 22.9 Å². The molecule has 1 fully saturated rings. The van der Waals surface area contributed by atoms with Crippen LogP contribution in [0.4, 0.5) is 5.13 Å². The van der Waals surface area contributed by atoms with Gasteiger partial charge in [-0.05, 0) is 44.0 Å². The summed E-state index contributed by atoms with van der Waals surface area (Å²) in [6, 6.07) is 14.9. The van der Waals surface area contributed by atoms with Crippen molar-refractivity contribution in [3.05, 3.63) is 64.5 Å². The normalized spacial score (nSPS) is 17.2. The van der Waals surface area contributed by atoms with E-state index in [4.69, 9.17) is 11.6 Å². The fraction of sp³-hybridized carbons (Fsp3) is 0.238. The number of aryl methyl sites for hydroxylation is 1. The van der Waals surface area contributed by atoms with Crippen molar-refractivity contribution in [3.8, 4) is 11.3 Å². The molecule has 30 heavy (non-hydrogen) atoms. The summed E-state index contributed by atoms with van der Waals surface area (Å²) in [5, 5.41) is 3.74. The van der Waals surface area contributed by atoms with E-state index in [-0.39, 0.29) is 10.8 Å². The predicted molar refractivity (Wildman–Crippen MR) is 119 cm³/mol. The molecule has 0 bridgehead atoms. The van der Waals surface area contributed by atoms with Crippen molar-refractivity contribution in [1.29, 1.82) is 0 Å². The third kappa shape index (κ3) is 4.13. The standard InChI is InChI=1S/C21H20ClN3O3S2/c1-14-19(15-6-3-2-4-7-15)23-21(29-14)24-20(26)18-8-5-13-25(18)30(27,28)17-11-9-16(22)10-12-17/h2-4,6-7,9-12,18H,5,8,13H2,1H3,(H,23,24,26)/t18-/m1/s1. The lowest BCUT2D eigenvalue weighted by Gasteiger charge is -2.23. The molecule has 1 amide bonds. The lowest BCUT2D eigenvalue weighted by atomic mass is 10.1. The van der Waals surface area contributed by atoms with E-state index < -0.39 is 16.1 Å². The van der Waals surface area contributed by atoms with Crippen molar-refractivity contribution in [2.24, 2.45) is 0 Å². The summed E-state index contributed by atoms with van der Waals surface area (Å²) in [6.45, 7) is 2.25. The highest BCUT2D eigenvalue weighted by atomic mass is 35.5. The van der Waals surface area contributed by atoms with Crippen LogP contribution in [0.5, 0.6) is 0 Å². The van der Waals surface area contributed by atoms with Crippen LogP contribution in [-0.2, 0) is 14.8 Å². The number of benzene rings is 2. The van der Waals surface area contributed by atoms with Gasteiger partial charge in [0.15, 0.2) is 5.13 Å². The Morgan fingerprint density at radius 3 is 2.57 bits per heavy atom. The molecule has 1 atom stereocenters. The van der Waals surface area contributed by atoms with E-state index >= 15 is 0 Å². The van der Waals surface area contributed by atoms with Crippen LogP contribution in [0, 0.1) is 6.92 Å². The summed E-state index contributed by atoms with van der Waals surface area (Å²) in [6.07, 6.45) is 1.09. The first-order chi connectivity index (χ1) is 14.4. The molecule has 3 aromatic rings. The quantitative estimate of drug-likeness (QED) is 0.603. The summed E-state index contributed by atoms with van der Waals surface area (Å²) >= 11 is 7.25. The monoisotopic (exact) mass is 461 g/mol. The second kappa shape index (κ2) is 8.47. The number of nitrogens with zero attached hydrogens (tertiary/aromatic N) is 2. The van der Waals surface area contributed by atoms with Crippen molar-refractivity contribution in [2.75, 3.05) is 11.9 Å². The Kier molecular flexibility index (Phi) is 5.92. The molecular formula is C21H20ClN3O3S2. The number of amides is 1. The topological polar surface area (TPSA) is 79.4 Å². The molecule has 0 aliphatic carbocycles. The molecule has 1 aliphatic heterocycles. The zero-order chi connectivity index (χ0) is 21.3. The number of thiazole rings is 1. The summed E-state index contributed by atoms with van der Waals surface area (Å²) in [4.78, 5) is 18.6. The highest BCUT2D eigenvalue weighted by Crippen LogP contribution is 2.32. The number of hydrogen-bond donors (Lipinski definition) is 1. The second-order valence-corrected chi connectivity index (χ2v) is 10.5. The number of aromatic nitrogens is 1. The highest BCUT2D eigenvalue weighted by molar-refractivity contribution is 7.89. The van der Waals surface area contributed by atoms with Gasteiger partial charge in [-0.2, -0.15) is 4.31 Å². The zero-order valence-corrected chi connectivity index (χ0v) is 18.6. The zero-order valence-electron chi connectivity index (χ0n) is 16.2. The maximum atomic E-state index is 13.0. The number of anilines is 1. The Bertz CT molecular complexity index is 1160. The molecule has 2 aromatic carbocycles. The number of hydrogen-bond acceptors (Lipinski definition) is 5. The molecule has 0 unspecified atom stereocenters. The minimum Gasteiger partial charge on any atom is -0.301 e. The summed E-state index contributed by atoms with van der Waals surface area (Å²) < 4.78 is 27.4. The third-order valence-corrected chi connectivity index (χ3v) is 8.06. The maximum absolute atomic E-state index is 13.0. The van der Waals surface area contributed by atoms with Gasteiger partial charge in [0.1, 0.15) is 6.04 Å². The van der Waals surface area contributed by atoms with Crippen LogP contribution in [0.1, 0.15) is 17.7 Å². The molecular weight excluding hydrogens is 442 g/mol. The first-order valence-corrected chi connectivity index (χ1v) is 12.1. The van der Waals surface area contributed by atoms with E-state index in [0.29, 0.717) is 29.5 Å². The molecule has 4 rings (SSSR count). The average molecular weight is 462 g/mol. The van der Waals surface area contributed by atoms with Crippen LogP contribution in [0.2, 0.25) is 5.02 Å². The lowest BCUT2D eigenvalue weighted by molar-refractivity contribution is -0.119. The summed E-state index contributed by atoms with van der Waals surface area (Å²) in [5.41, 5.74) is 1.78. The highest BCUT2D eigenvalue weighted by Gasteiger charge is 2.39. The number of carbonyl (C=O) groups is 1. The lowest BCUT2D eigenvalue weighted by Crippen LogP contribution is -2.43. The van der Waals surface area contributed by atoms with Gasteiger partial charge in [0.25, 0.3) is 0 Å². The van der Waals surface area contributed by atoms with Crippen LogP contribution in [0.25, 0.3) is 11.3 Å². The molecule has 1 aliphatic rings. The molecule has 9 heteroatoms. The van der Waals surface area contributed by atoms with Crippen molar-refractivity contribution in [2.45, 2.75) is 30.7 Å². The second-order valence-electron chi connectivity index (χ2n) is 7.01. The van der Waals surface area contributed by atoms with E-state index in [2.05, 4.69) is 10.3 Å². The average Bonchev–Trinajstić information content (AvgIpc) is 3.36. The van der Waals surface area contributed by atoms with Crippen molar-refractivity contribution in [3.63, 3.8) is 0 Å². The van der Waals surface area contributed by atoms with Crippen molar-refractivity contribution < 1.29 is 13.2 Å². The van der Waals surface area contributed by atoms with E-state index in [0.717, 1.165) is 16.1 Å². The van der Waals surface area contributed by atoms with E-state index in [1.165, 1.54) is 39.9 Å². The van der Waals surface area contributed by atoms with Crippen LogP contribution in [-0.4, -0.2) is 36.2 Å². The Morgan fingerprint density at radius 2 is 1.87 bits per heavy atom. The first kappa shape index (κ1) is 21.0. The minimum absolute atomic E-state index is 0.128. The van der Waals surface area contributed by atoms with Gasteiger partial charge < -0.3 is 5.32 Å². The first-order valence-electron chi connectivity index (χ1n) is 9.47.